The number of amides is 3. The molecular formula is C22H25N3O3. The summed E-state index contributed by atoms with van der Waals surface area (Å²) in [6.45, 7) is 4.20. The molecule has 146 valence electrons. The molecule has 28 heavy (non-hydrogen) atoms. The lowest BCUT2D eigenvalue weighted by Crippen LogP contribution is -2.29. The summed E-state index contributed by atoms with van der Waals surface area (Å²) in [7, 11) is 0. The van der Waals surface area contributed by atoms with E-state index in [0.29, 0.717) is 29.4 Å². The molecule has 6 nitrogen and oxygen atoms in total. The first-order chi connectivity index (χ1) is 13.5. The molecule has 1 fully saturated rings. The minimum Gasteiger partial charge on any atom is -0.355 e. The third-order valence-corrected chi connectivity index (χ3v) is 4.99. The van der Waals surface area contributed by atoms with Crippen LogP contribution in [0.15, 0.2) is 48.5 Å². The quantitative estimate of drug-likeness (QED) is 0.689. The summed E-state index contributed by atoms with van der Waals surface area (Å²) < 4.78 is 0. The fourth-order valence-corrected chi connectivity index (χ4v) is 3.02. The van der Waals surface area contributed by atoms with Crippen LogP contribution < -0.4 is 16.0 Å². The Balaban J connectivity index is 1.54. The summed E-state index contributed by atoms with van der Waals surface area (Å²) in [6.07, 6.45) is 1.13. The number of carbonyl (C=O) groups is 3. The molecule has 2 aromatic rings. The van der Waals surface area contributed by atoms with Crippen LogP contribution in [0, 0.1) is 18.8 Å². The highest BCUT2D eigenvalue weighted by molar-refractivity contribution is 6.05. The SMILES string of the molecule is Cc1c(NC(=O)CCNC(=O)C2CC2C)cccc1NC(=O)c1ccccc1. The Bertz CT molecular complexity index is 880. The molecule has 3 N–H and O–H groups in total. The summed E-state index contributed by atoms with van der Waals surface area (Å²) in [5, 5.41) is 8.53. The largest absolute Gasteiger partial charge is 0.355 e. The number of rotatable bonds is 7. The van der Waals surface area contributed by atoms with Crippen LogP contribution in [0.1, 0.15) is 35.7 Å². The molecule has 1 aliphatic carbocycles. The lowest BCUT2D eigenvalue weighted by atomic mass is 10.1. The molecule has 2 unspecified atom stereocenters. The molecule has 6 heteroatoms. The topological polar surface area (TPSA) is 87.3 Å². The number of carbonyl (C=O) groups excluding carboxylic acids is 3. The molecule has 0 radical (unpaired) electrons. The van der Waals surface area contributed by atoms with Crippen LogP contribution in [0.5, 0.6) is 0 Å². The molecule has 1 aliphatic rings. The van der Waals surface area contributed by atoms with Gasteiger partial charge in [-0.15, -0.1) is 0 Å². The molecule has 0 saturated heterocycles. The Hall–Kier alpha value is -3.15. The Kier molecular flexibility index (Phi) is 6.09. The number of hydrogen-bond acceptors (Lipinski definition) is 3. The van der Waals surface area contributed by atoms with Crippen LogP contribution in [0.2, 0.25) is 0 Å². The zero-order chi connectivity index (χ0) is 20.1. The van der Waals surface area contributed by atoms with Crippen molar-refractivity contribution in [2.45, 2.75) is 26.7 Å². The molecule has 2 aromatic carbocycles. The maximum Gasteiger partial charge on any atom is 0.255 e. The minimum absolute atomic E-state index is 0.0297. The van der Waals surface area contributed by atoms with Gasteiger partial charge in [-0.1, -0.05) is 31.2 Å². The normalized spacial score (nSPS) is 17.5. The first-order valence-corrected chi connectivity index (χ1v) is 9.49. The van der Waals surface area contributed by atoms with Crippen molar-refractivity contribution in [3.05, 3.63) is 59.7 Å². The van der Waals surface area contributed by atoms with Crippen LogP contribution >= 0.6 is 0 Å². The minimum atomic E-state index is -0.204. The van der Waals surface area contributed by atoms with E-state index in [-0.39, 0.29) is 30.1 Å². The van der Waals surface area contributed by atoms with Crippen molar-refractivity contribution in [3.8, 4) is 0 Å². The van der Waals surface area contributed by atoms with Crippen molar-refractivity contribution in [3.63, 3.8) is 0 Å². The highest BCUT2D eigenvalue weighted by Gasteiger charge is 2.38. The standard InChI is InChI=1S/C22H25N3O3/c1-14-13-17(14)22(28)23-12-11-20(26)24-18-9-6-10-19(15(18)2)25-21(27)16-7-4-3-5-8-16/h3-10,14,17H,11-13H2,1-2H3,(H,23,28)(H,24,26)(H,25,27). The van der Waals surface area contributed by atoms with Crippen LogP contribution in [0.4, 0.5) is 11.4 Å². The smallest absolute Gasteiger partial charge is 0.255 e. The Morgan fingerprint density at radius 3 is 2.25 bits per heavy atom. The van der Waals surface area contributed by atoms with Crippen molar-refractivity contribution >= 4 is 29.1 Å². The van der Waals surface area contributed by atoms with Crippen molar-refractivity contribution in [1.82, 2.24) is 5.32 Å². The summed E-state index contributed by atoms with van der Waals surface area (Å²) in [6, 6.07) is 14.3. The number of hydrogen-bond donors (Lipinski definition) is 3. The fourth-order valence-electron chi connectivity index (χ4n) is 3.02. The molecule has 2 atom stereocenters. The maximum absolute atomic E-state index is 12.3. The lowest BCUT2D eigenvalue weighted by Gasteiger charge is -2.14. The molecule has 0 aliphatic heterocycles. The van der Waals surface area contributed by atoms with E-state index >= 15 is 0 Å². The molecule has 0 aromatic heterocycles. The van der Waals surface area contributed by atoms with Crippen LogP contribution in [-0.2, 0) is 9.59 Å². The van der Waals surface area contributed by atoms with Gasteiger partial charge >= 0.3 is 0 Å². The molecule has 0 heterocycles. The second-order valence-corrected chi connectivity index (χ2v) is 7.21. The van der Waals surface area contributed by atoms with E-state index in [2.05, 4.69) is 16.0 Å². The van der Waals surface area contributed by atoms with E-state index in [1.165, 1.54) is 0 Å². The zero-order valence-electron chi connectivity index (χ0n) is 16.1. The third-order valence-electron chi connectivity index (χ3n) is 4.99. The second-order valence-electron chi connectivity index (χ2n) is 7.21. The van der Waals surface area contributed by atoms with Gasteiger partial charge < -0.3 is 16.0 Å². The van der Waals surface area contributed by atoms with Crippen molar-refractivity contribution in [2.75, 3.05) is 17.2 Å². The first-order valence-electron chi connectivity index (χ1n) is 9.49. The van der Waals surface area contributed by atoms with E-state index in [0.717, 1.165) is 12.0 Å². The van der Waals surface area contributed by atoms with E-state index < -0.39 is 0 Å². The monoisotopic (exact) mass is 379 g/mol. The number of benzene rings is 2. The van der Waals surface area contributed by atoms with Gasteiger partial charge in [0.25, 0.3) is 5.91 Å². The van der Waals surface area contributed by atoms with E-state index in [1.54, 1.807) is 42.5 Å². The second kappa shape index (κ2) is 8.69. The van der Waals surface area contributed by atoms with E-state index in [1.807, 2.05) is 19.9 Å². The van der Waals surface area contributed by atoms with Crippen molar-refractivity contribution in [1.29, 1.82) is 0 Å². The third kappa shape index (κ3) is 4.97. The molecule has 0 spiro atoms. The van der Waals surface area contributed by atoms with Gasteiger partial charge in [-0.3, -0.25) is 14.4 Å². The van der Waals surface area contributed by atoms with Gasteiger partial charge in [-0.25, -0.2) is 0 Å². The maximum atomic E-state index is 12.3. The first kappa shape index (κ1) is 19.6. The zero-order valence-corrected chi connectivity index (χ0v) is 16.1. The van der Waals surface area contributed by atoms with Gasteiger partial charge in [0.05, 0.1) is 0 Å². The molecule has 3 rings (SSSR count). The van der Waals surface area contributed by atoms with E-state index in [9.17, 15) is 14.4 Å². The van der Waals surface area contributed by atoms with Gasteiger partial charge in [-0.05, 0) is 49.1 Å². The average Bonchev–Trinajstić information content (AvgIpc) is 3.42. The fraction of sp³-hybridized carbons (Fsp3) is 0.318. The molecule has 1 saturated carbocycles. The van der Waals surface area contributed by atoms with Crippen LogP contribution in [0.25, 0.3) is 0 Å². The van der Waals surface area contributed by atoms with E-state index in [4.69, 9.17) is 0 Å². The molecular weight excluding hydrogens is 354 g/mol. The van der Waals surface area contributed by atoms with Crippen molar-refractivity contribution in [2.24, 2.45) is 11.8 Å². The Morgan fingerprint density at radius 1 is 0.964 bits per heavy atom. The summed E-state index contributed by atoms with van der Waals surface area (Å²) >= 11 is 0. The predicted molar refractivity (Wildman–Crippen MR) is 109 cm³/mol. The Labute approximate surface area is 164 Å². The summed E-state index contributed by atoms with van der Waals surface area (Å²) in [5.41, 5.74) is 2.62. The molecule has 3 amide bonds. The highest BCUT2D eigenvalue weighted by Crippen LogP contribution is 2.37. The van der Waals surface area contributed by atoms with Gasteiger partial charge in [0.2, 0.25) is 11.8 Å². The summed E-state index contributed by atoms with van der Waals surface area (Å²) in [5.74, 6) is 0.200. The van der Waals surface area contributed by atoms with Gasteiger partial charge in [0.15, 0.2) is 0 Å². The van der Waals surface area contributed by atoms with Gasteiger partial charge in [-0.2, -0.15) is 0 Å². The predicted octanol–water partition coefficient (Wildman–Crippen LogP) is 3.35. The number of nitrogens with one attached hydrogen (secondary N) is 3. The molecule has 0 bridgehead atoms. The summed E-state index contributed by atoms with van der Waals surface area (Å²) in [4.78, 5) is 36.3. The Morgan fingerprint density at radius 2 is 1.61 bits per heavy atom. The lowest BCUT2D eigenvalue weighted by molar-refractivity contribution is -0.122. The van der Waals surface area contributed by atoms with Gasteiger partial charge in [0, 0.05) is 35.8 Å². The number of anilines is 2. The average molecular weight is 379 g/mol. The van der Waals surface area contributed by atoms with Crippen molar-refractivity contribution < 1.29 is 14.4 Å². The highest BCUT2D eigenvalue weighted by atomic mass is 16.2. The van der Waals surface area contributed by atoms with Crippen LogP contribution in [-0.4, -0.2) is 24.3 Å². The van der Waals surface area contributed by atoms with Gasteiger partial charge in [0.1, 0.15) is 0 Å². The van der Waals surface area contributed by atoms with Crippen LogP contribution in [0.3, 0.4) is 0 Å².